The summed E-state index contributed by atoms with van der Waals surface area (Å²) in [6.07, 6.45) is 1.27. The van der Waals surface area contributed by atoms with Gasteiger partial charge in [0.2, 0.25) is 0 Å². The van der Waals surface area contributed by atoms with E-state index in [1.54, 1.807) is 0 Å². The third kappa shape index (κ3) is 5.10. The second-order valence-corrected chi connectivity index (χ2v) is 9.50. The summed E-state index contributed by atoms with van der Waals surface area (Å²) in [6.45, 7) is -0.212. The first-order chi connectivity index (χ1) is 14.1. The molecule has 1 fully saturated rings. The van der Waals surface area contributed by atoms with Crippen LogP contribution in [0.5, 0.6) is 5.75 Å². The van der Waals surface area contributed by atoms with E-state index in [0.717, 1.165) is 7.11 Å². The first kappa shape index (κ1) is 22.9. The standard InChI is InChI=1S/C18H19F3IN3O4S/c1-29-14-9-12(20)15(21)17(23-13-3-2-10(22)8-11(13)19)16(14)24-30(27,28)25-18(4-5-18)6-7-26/h2-3,8-9,23-26H,4-7H2,1H3. The lowest BCUT2D eigenvalue weighted by Gasteiger charge is -2.21. The van der Waals surface area contributed by atoms with E-state index in [1.807, 2.05) is 22.6 Å². The molecule has 0 spiro atoms. The molecule has 0 atom stereocenters. The molecule has 0 saturated heterocycles. The fourth-order valence-corrected chi connectivity index (χ4v) is 4.77. The highest BCUT2D eigenvalue weighted by Crippen LogP contribution is 2.42. The number of anilines is 3. The maximum atomic E-state index is 14.6. The average molecular weight is 557 g/mol. The van der Waals surface area contributed by atoms with Crippen molar-refractivity contribution < 1.29 is 31.4 Å². The number of hydrogen-bond acceptors (Lipinski definition) is 5. The molecule has 0 radical (unpaired) electrons. The summed E-state index contributed by atoms with van der Waals surface area (Å²) in [6, 6.07) is 4.71. The highest BCUT2D eigenvalue weighted by Gasteiger charge is 2.45. The molecule has 0 amide bonds. The number of aliphatic hydroxyl groups is 1. The van der Waals surface area contributed by atoms with Crippen LogP contribution >= 0.6 is 22.6 Å². The Morgan fingerprint density at radius 3 is 2.43 bits per heavy atom. The minimum absolute atomic E-state index is 0.186. The smallest absolute Gasteiger partial charge is 0.299 e. The lowest BCUT2D eigenvalue weighted by Crippen LogP contribution is -2.41. The summed E-state index contributed by atoms with van der Waals surface area (Å²) < 4.78 is 78.4. The molecule has 1 aliphatic carbocycles. The molecule has 7 nitrogen and oxygen atoms in total. The van der Waals surface area contributed by atoms with E-state index in [2.05, 4.69) is 14.8 Å². The molecule has 0 unspecified atom stereocenters. The molecule has 164 valence electrons. The zero-order chi connectivity index (χ0) is 22.1. The van der Waals surface area contributed by atoms with Gasteiger partial charge < -0.3 is 15.2 Å². The maximum Gasteiger partial charge on any atom is 0.299 e. The van der Waals surface area contributed by atoms with Crippen molar-refractivity contribution in [1.29, 1.82) is 0 Å². The van der Waals surface area contributed by atoms with E-state index in [-0.39, 0.29) is 24.5 Å². The highest BCUT2D eigenvalue weighted by molar-refractivity contribution is 14.1. The van der Waals surface area contributed by atoms with Crippen molar-refractivity contribution in [1.82, 2.24) is 4.72 Å². The van der Waals surface area contributed by atoms with Crippen LogP contribution in [0.25, 0.3) is 0 Å². The van der Waals surface area contributed by atoms with E-state index in [1.165, 1.54) is 18.2 Å². The Labute approximate surface area is 185 Å². The third-order valence-electron chi connectivity index (χ3n) is 4.63. The van der Waals surface area contributed by atoms with Crippen LogP contribution in [0, 0.1) is 21.0 Å². The first-order valence-electron chi connectivity index (χ1n) is 8.80. The summed E-state index contributed by atoms with van der Waals surface area (Å²) in [7, 11) is -3.11. The van der Waals surface area contributed by atoms with Crippen LogP contribution in [0.3, 0.4) is 0 Å². The van der Waals surface area contributed by atoms with Gasteiger partial charge in [0.05, 0.1) is 12.8 Å². The van der Waals surface area contributed by atoms with Crippen molar-refractivity contribution in [3.8, 4) is 5.75 Å². The van der Waals surface area contributed by atoms with Gasteiger partial charge >= 0.3 is 0 Å². The highest BCUT2D eigenvalue weighted by atomic mass is 127. The topological polar surface area (TPSA) is 99.7 Å². The van der Waals surface area contributed by atoms with Crippen LogP contribution in [-0.4, -0.2) is 32.8 Å². The van der Waals surface area contributed by atoms with E-state index < -0.39 is 44.6 Å². The molecule has 2 aromatic carbocycles. The Morgan fingerprint density at radius 1 is 1.17 bits per heavy atom. The van der Waals surface area contributed by atoms with Gasteiger partial charge in [0, 0.05) is 21.8 Å². The predicted octanol–water partition coefficient (Wildman–Crippen LogP) is 3.62. The van der Waals surface area contributed by atoms with Crippen molar-refractivity contribution in [2.24, 2.45) is 0 Å². The molecule has 12 heteroatoms. The second kappa shape index (κ2) is 8.77. The van der Waals surface area contributed by atoms with Gasteiger partial charge in [-0.1, -0.05) is 0 Å². The van der Waals surface area contributed by atoms with Crippen molar-refractivity contribution >= 4 is 49.9 Å². The molecule has 0 aliphatic heterocycles. The van der Waals surface area contributed by atoms with Gasteiger partial charge in [0.25, 0.3) is 10.2 Å². The van der Waals surface area contributed by atoms with Crippen LogP contribution in [0.1, 0.15) is 19.3 Å². The van der Waals surface area contributed by atoms with E-state index in [9.17, 15) is 21.6 Å². The summed E-state index contributed by atoms with van der Waals surface area (Å²) in [5.41, 5.74) is -2.04. The number of halogens is 4. The monoisotopic (exact) mass is 557 g/mol. The summed E-state index contributed by atoms with van der Waals surface area (Å²) >= 11 is 1.89. The Hall–Kier alpha value is -1.77. The number of ether oxygens (including phenoxy) is 1. The molecule has 1 aliphatic rings. The number of aliphatic hydroxyl groups excluding tert-OH is 1. The molecule has 1 saturated carbocycles. The van der Waals surface area contributed by atoms with Gasteiger partial charge in [-0.25, -0.2) is 13.2 Å². The molecule has 4 N–H and O–H groups in total. The van der Waals surface area contributed by atoms with E-state index >= 15 is 0 Å². The van der Waals surface area contributed by atoms with Gasteiger partial charge in [-0.3, -0.25) is 4.72 Å². The lowest BCUT2D eigenvalue weighted by atomic mass is 10.2. The summed E-state index contributed by atoms with van der Waals surface area (Å²) in [5, 5.41) is 11.5. The van der Waals surface area contributed by atoms with Crippen LogP contribution in [-0.2, 0) is 10.2 Å². The van der Waals surface area contributed by atoms with Crippen molar-refractivity contribution in [2.75, 3.05) is 23.8 Å². The molecule has 0 bridgehead atoms. The third-order valence-corrected chi connectivity index (χ3v) is 6.47. The largest absolute Gasteiger partial charge is 0.494 e. The van der Waals surface area contributed by atoms with Crippen LogP contribution in [0.4, 0.5) is 30.2 Å². The molecule has 2 aromatic rings. The van der Waals surface area contributed by atoms with Gasteiger partial charge in [-0.15, -0.1) is 0 Å². The minimum atomic E-state index is -4.26. The summed E-state index contributed by atoms with van der Waals surface area (Å²) in [5.74, 6) is -3.77. The molecular formula is C18H19F3IN3O4S. The van der Waals surface area contributed by atoms with Crippen LogP contribution in [0.15, 0.2) is 24.3 Å². The molecule has 0 heterocycles. The number of methoxy groups -OCH3 is 1. The zero-order valence-corrected chi connectivity index (χ0v) is 18.7. The van der Waals surface area contributed by atoms with Gasteiger partial charge in [0.15, 0.2) is 11.6 Å². The Balaban J connectivity index is 2.01. The Bertz CT molecular complexity index is 1070. The van der Waals surface area contributed by atoms with Crippen LogP contribution in [0.2, 0.25) is 0 Å². The van der Waals surface area contributed by atoms with E-state index in [0.29, 0.717) is 22.5 Å². The molecular weight excluding hydrogens is 538 g/mol. The fourth-order valence-electron chi connectivity index (χ4n) is 2.92. The van der Waals surface area contributed by atoms with Crippen molar-refractivity contribution in [2.45, 2.75) is 24.8 Å². The maximum absolute atomic E-state index is 14.6. The van der Waals surface area contributed by atoms with Gasteiger partial charge in [0.1, 0.15) is 22.9 Å². The Kier molecular flexibility index (Phi) is 6.69. The van der Waals surface area contributed by atoms with E-state index in [4.69, 9.17) is 9.84 Å². The number of benzene rings is 2. The predicted molar refractivity (Wildman–Crippen MR) is 115 cm³/mol. The Morgan fingerprint density at radius 2 is 1.87 bits per heavy atom. The van der Waals surface area contributed by atoms with Crippen molar-refractivity contribution in [3.05, 3.63) is 45.3 Å². The second-order valence-electron chi connectivity index (χ2n) is 6.84. The summed E-state index contributed by atoms with van der Waals surface area (Å²) in [4.78, 5) is 0. The van der Waals surface area contributed by atoms with Crippen LogP contribution < -0.4 is 19.5 Å². The normalized spacial score (nSPS) is 15.0. The van der Waals surface area contributed by atoms with Crippen molar-refractivity contribution in [3.63, 3.8) is 0 Å². The minimum Gasteiger partial charge on any atom is -0.494 e. The number of hydrogen-bond donors (Lipinski definition) is 4. The zero-order valence-electron chi connectivity index (χ0n) is 15.7. The number of nitrogens with one attached hydrogen (secondary N) is 3. The SMILES string of the molecule is COc1cc(F)c(F)c(Nc2ccc(I)cc2F)c1NS(=O)(=O)NC1(CCO)CC1. The van der Waals surface area contributed by atoms with Gasteiger partial charge in [-0.2, -0.15) is 13.1 Å². The molecule has 0 aromatic heterocycles. The molecule has 3 rings (SSSR count). The van der Waals surface area contributed by atoms with Gasteiger partial charge in [-0.05, 0) is 60.1 Å². The molecule has 30 heavy (non-hydrogen) atoms. The quantitative estimate of drug-likeness (QED) is 0.353. The fraction of sp³-hybridized carbons (Fsp3) is 0.333. The number of rotatable bonds is 9. The lowest BCUT2D eigenvalue weighted by molar-refractivity contribution is 0.267. The average Bonchev–Trinajstić information content (AvgIpc) is 3.41. The first-order valence-corrected chi connectivity index (χ1v) is 11.4.